The van der Waals surface area contributed by atoms with Gasteiger partial charge >= 0.3 is 62.1 Å². The number of hydrogen-bond acceptors (Lipinski definition) is 26. The maximum absolute atomic E-state index is 13.3. The number of esters is 3. The summed E-state index contributed by atoms with van der Waals surface area (Å²) in [7, 11) is -0.335. The van der Waals surface area contributed by atoms with Crippen LogP contribution >= 0.6 is 158 Å². The first kappa shape index (κ1) is 153. The highest BCUT2D eigenvalue weighted by Crippen LogP contribution is 2.61. The van der Waals surface area contributed by atoms with Crippen LogP contribution in [0.3, 0.4) is 0 Å². The number of aryl methyl sites for hydroxylation is 2. The highest BCUT2D eigenvalue weighted by Gasteiger charge is 2.35. The zero-order chi connectivity index (χ0) is 108. The summed E-state index contributed by atoms with van der Waals surface area (Å²) < 4.78 is 110. The number of phenolic OH excluding ortho intramolecular Hbond substituents is 1. The van der Waals surface area contributed by atoms with Crippen LogP contribution in [0.25, 0.3) is 0 Å². The van der Waals surface area contributed by atoms with E-state index in [2.05, 4.69) is 142 Å². The van der Waals surface area contributed by atoms with Gasteiger partial charge in [0, 0.05) is 68.5 Å². The minimum Gasteiger partial charge on any atom is -0.508 e. The topological polar surface area (TPSA) is 422 Å². The van der Waals surface area contributed by atoms with Crippen molar-refractivity contribution >= 4 is 176 Å². The third-order valence-corrected chi connectivity index (χ3v) is 20.8. The van der Waals surface area contributed by atoms with Crippen molar-refractivity contribution in [2.24, 2.45) is 0 Å². The normalized spacial score (nSPS) is 14.6. The Morgan fingerprint density at radius 1 is 0.439 bits per heavy atom. The Morgan fingerprint density at radius 2 is 0.683 bits per heavy atom. The molecular weight excluding hydrogens is 2140 g/mol. The van der Waals surface area contributed by atoms with Crippen LogP contribution in [0.2, 0.25) is 0 Å². The Bertz CT molecular complexity index is 4650. The molecule has 0 fully saturated rings. The van der Waals surface area contributed by atoms with Crippen LogP contribution in [0, 0.1) is 13.8 Å². The average Bonchev–Trinajstić information content (AvgIpc) is 0.935. The zero-order valence-electron chi connectivity index (χ0n) is 82.0. The molecule has 2 aliphatic heterocycles. The number of H-pyrrole nitrogens is 2. The molecule has 9 rings (SSSR count). The van der Waals surface area contributed by atoms with Gasteiger partial charge in [-0.1, -0.05) is 229 Å². The number of aromatic nitrogens is 4. The number of benzene rings is 5. The van der Waals surface area contributed by atoms with Gasteiger partial charge in [-0.25, -0.2) is 38.0 Å². The predicted octanol–water partition coefficient (Wildman–Crippen LogP) is 26.7. The monoisotopic (exact) mass is 2280 g/mol. The third kappa shape index (κ3) is 82.0. The molecule has 139 heavy (non-hydrogen) atoms. The van der Waals surface area contributed by atoms with E-state index in [4.69, 9.17) is 129 Å². The number of nitrogens with zero attached hydrogens (tertiary/aromatic N) is 4. The summed E-state index contributed by atoms with van der Waals surface area (Å²) in [5, 5.41) is 22.0. The van der Waals surface area contributed by atoms with Crippen molar-refractivity contribution in [3.8, 4) is 28.7 Å². The van der Waals surface area contributed by atoms with Crippen LogP contribution in [0.1, 0.15) is 170 Å². The van der Waals surface area contributed by atoms with Crippen molar-refractivity contribution in [3.05, 3.63) is 254 Å². The fraction of sp³-hybridized carbons (Fsp3) is 0.478. The number of nitrogens with one attached hydrogen (secondary N) is 5. The van der Waals surface area contributed by atoms with E-state index in [1.54, 1.807) is 184 Å². The van der Waals surface area contributed by atoms with E-state index in [1.165, 1.54) is 103 Å². The Hall–Kier alpha value is -5.93. The molecule has 7 N–H and O–H groups in total. The van der Waals surface area contributed by atoms with Crippen LogP contribution in [0.15, 0.2) is 221 Å². The summed E-state index contributed by atoms with van der Waals surface area (Å²) >= 11 is 54.6. The summed E-state index contributed by atoms with van der Waals surface area (Å²) in [6, 6.07) is 39.9. The second kappa shape index (κ2) is 94.4. The Kier molecular flexibility index (Phi) is 104. The Morgan fingerprint density at radius 3 is 0.914 bits per heavy atom. The number of halogens is 11. The molecule has 6 unspecified atom stereocenters. The Balaban J connectivity index is -0.000000172. The number of carbonyl (C=O) groups is 3. The number of alkyl halides is 4. The number of aliphatic hydroxyl groups is 1. The molecule has 4 heterocycles. The van der Waals surface area contributed by atoms with Crippen molar-refractivity contribution < 1.29 is 93.7 Å². The average molecular weight is 2290 g/mol. The number of aliphatic hydroxyl groups excluding tert-OH is 1. The number of carbonyl (C=O) groups excluding carboxylic acids is 3. The molecule has 0 saturated carbocycles. The molecule has 10 atom stereocenters. The number of rotatable bonds is 29. The number of ether oxygens (including phenoxy) is 5. The maximum Gasteiger partial charge on any atom is 0.459 e. The number of phenols is 1. The fourth-order valence-corrected chi connectivity index (χ4v) is 14.7. The lowest BCUT2D eigenvalue weighted by Crippen LogP contribution is -2.35. The van der Waals surface area contributed by atoms with Crippen molar-refractivity contribution in [2.45, 2.75) is 203 Å². The fourth-order valence-electron chi connectivity index (χ4n) is 8.97. The minimum atomic E-state index is -4.01. The van der Waals surface area contributed by atoms with Crippen molar-refractivity contribution in [2.75, 3.05) is 84.5 Å². The summed E-state index contributed by atoms with van der Waals surface area (Å²) in [4.78, 5) is 89.5. The van der Waals surface area contributed by atoms with Gasteiger partial charge in [-0.3, -0.25) is 52.2 Å². The molecule has 0 radical (unpaired) electrons. The SMILES string of the molecule is C.C.C=C.CC.CC.CC.CC.CC.CCN(CC)CC.CCN(CC)CC.COC(=O)C(C)NP(=O)(Cl)Oc1ccccc1.COC(=O)C(C)NP(=O)(Cl)Oc1ccccc1.COC(=O)C(C)NP(=O)(OC[C@@H]1C=C[C@H](n2cc(C)c(=O)[nH]c2=O)O1)Oc1ccccc1.Cc1cn([C@H]2C=C[C@@H](CO)O2)c(=O)[nH]c1=O.ClCCl.ClCCl.O=P(Cl)(Cl)Cl.O=P(Cl)(Cl)Oc1ccccc1.Oc1ccccc1. The lowest BCUT2D eigenvalue weighted by molar-refractivity contribution is -0.143. The molecule has 0 spiro atoms. The number of aromatic hydroxyl groups is 1. The van der Waals surface area contributed by atoms with Crippen LogP contribution in [0.4, 0.5) is 0 Å². The van der Waals surface area contributed by atoms with E-state index < -0.39 is 116 Å². The number of aromatic amines is 2. The third-order valence-electron chi connectivity index (χ3n) is 15.0. The van der Waals surface area contributed by atoms with E-state index in [1.807, 2.05) is 75.3 Å². The molecule has 7 aromatic rings. The van der Waals surface area contributed by atoms with Gasteiger partial charge in [-0.15, -0.1) is 59.6 Å². The van der Waals surface area contributed by atoms with Gasteiger partial charge in [0.1, 0.15) is 59.1 Å². The van der Waals surface area contributed by atoms with E-state index in [-0.39, 0.29) is 44.5 Å². The molecule has 5 aromatic carbocycles. The molecule has 0 amide bonds. The van der Waals surface area contributed by atoms with Crippen LogP contribution in [-0.2, 0) is 65.4 Å². The summed E-state index contributed by atoms with van der Waals surface area (Å²) in [6.07, 6.45) is 3.57. The maximum atomic E-state index is 13.3. The van der Waals surface area contributed by atoms with Gasteiger partial charge in [0.25, 0.3) is 11.1 Å². The number of methoxy groups -OCH3 is 3. The molecule has 2 aliphatic rings. The smallest absolute Gasteiger partial charge is 0.459 e. The van der Waals surface area contributed by atoms with Crippen molar-refractivity contribution in [1.29, 1.82) is 0 Å². The quantitative estimate of drug-likeness (QED) is 0.00752. The lowest BCUT2D eigenvalue weighted by atomic mass is 10.3. The molecule has 800 valence electrons. The highest BCUT2D eigenvalue weighted by atomic mass is 36.0. The van der Waals surface area contributed by atoms with Crippen LogP contribution in [-0.4, -0.2) is 172 Å². The highest BCUT2D eigenvalue weighted by molar-refractivity contribution is 8.24. The standard InChI is InChI=1S/C20H24N3O8P.2C10H13ClNO4P.C10H12N2O4.C6H5Cl2O2P.2C6H15N.C6H6O.5C2H6.C2H4.2CH2Cl2.2CH4.Cl3OP/c1-13-11-23(20(26)21-18(13)24)17-10-9-16(30-17)12-29-32(27,22-14(2)19(25)28-3)31-15-7-5-4-6-8-15;2*1-8(10(13)15-2)12-17(11,14)16-9-6-4-3-5-7-9;1-6-4-12(10(15)11-9(6)14)8-3-2-7(5-13)16-8;7-11(8,9)10-6-4-2-1-3-5-6;2*1-4-7(5-2)6-3;7-6-4-2-1-3-5-6;6*1-2;2*2-1-3;;;1-5(2,3)4/h4-11,14,16-17H,12H2,1-3H3,(H,22,27)(H,21,24,26);2*3-8H,1-2H3,(H,12,14);2-4,7-8,13H,5H2,1H3,(H,11,14,15);1-5H;2*4-6H2,1-3H3;1-5,7H;5*1-2H3;1-2H2;2*1H2;2*1H4;/t14?,16-,17+,32?;;;7-,8+;;;;;;;;;;;;;;;/m0..0.............../s1. The zero-order valence-corrected chi connectivity index (χ0v) is 94.8. The van der Waals surface area contributed by atoms with E-state index >= 15 is 0 Å². The minimum absolute atomic E-state index is 0. The van der Waals surface area contributed by atoms with Crippen LogP contribution < -0.4 is 55.9 Å². The van der Waals surface area contributed by atoms with Gasteiger partial charge in [-0.2, -0.15) is 5.09 Å². The van der Waals surface area contributed by atoms with Gasteiger partial charge in [-0.05, 0) is 180 Å². The molecule has 2 aromatic heterocycles. The van der Waals surface area contributed by atoms with Crippen molar-refractivity contribution in [1.82, 2.24) is 44.2 Å². The van der Waals surface area contributed by atoms with Crippen LogP contribution in [0.5, 0.6) is 28.7 Å². The van der Waals surface area contributed by atoms with E-state index in [9.17, 15) is 56.4 Å². The molecule has 49 heteroatoms. The van der Waals surface area contributed by atoms with E-state index in [0.717, 1.165) is 0 Å². The molecule has 0 bridgehead atoms. The summed E-state index contributed by atoms with van der Waals surface area (Å²) in [5.41, 5.74) is -1.24. The van der Waals surface area contributed by atoms with Gasteiger partial charge < -0.3 is 61.8 Å². The number of hydrogen-bond donors (Lipinski definition) is 7. The van der Waals surface area contributed by atoms with Crippen molar-refractivity contribution in [3.63, 3.8) is 0 Å². The second-order valence-electron chi connectivity index (χ2n) is 24.1. The first-order chi connectivity index (χ1) is 64.7. The Labute approximate surface area is 877 Å². The molecular formula is C90H149Cl11N9O24P5. The van der Waals surface area contributed by atoms with Gasteiger partial charge in [0.05, 0.1) is 45.2 Å². The number of para-hydroxylation sites is 5. The largest absolute Gasteiger partial charge is 0.508 e. The lowest BCUT2D eigenvalue weighted by Gasteiger charge is -2.24. The molecule has 33 nitrogen and oxygen atoms in total. The van der Waals surface area contributed by atoms with Gasteiger partial charge in [0.15, 0.2) is 12.5 Å². The van der Waals surface area contributed by atoms with E-state index in [0.29, 0.717) is 34.1 Å². The second-order valence-corrected chi connectivity index (χ2v) is 43.7. The predicted molar refractivity (Wildman–Crippen MR) is 582 cm³/mol. The summed E-state index contributed by atoms with van der Waals surface area (Å²) in [6.45, 7) is 46.3. The molecule has 0 aliphatic carbocycles. The first-order valence-corrected chi connectivity index (χ1v) is 59.2. The molecule has 0 saturated heterocycles. The first-order valence-electron chi connectivity index (χ1n) is 42.6. The van der Waals surface area contributed by atoms with Gasteiger partial charge in [0.2, 0.25) is 0 Å². The summed E-state index contributed by atoms with van der Waals surface area (Å²) in [5.74, 6) is -0.0639.